The van der Waals surface area contributed by atoms with E-state index in [4.69, 9.17) is 0 Å². The zero-order valence-electron chi connectivity index (χ0n) is 21.4. The molecule has 1 unspecified atom stereocenters. The van der Waals surface area contributed by atoms with E-state index in [1.54, 1.807) is 0 Å². The third-order valence-corrected chi connectivity index (χ3v) is 11.7. The van der Waals surface area contributed by atoms with Gasteiger partial charge in [-0.25, -0.2) is 34.4 Å². The van der Waals surface area contributed by atoms with Crippen molar-refractivity contribution in [2.24, 2.45) is 5.92 Å². The van der Waals surface area contributed by atoms with E-state index < -0.39 is 71.7 Å². The fourth-order valence-electron chi connectivity index (χ4n) is 6.21. The average molecular weight is 609 g/mol. The molecule has 1 saturated carbocycles. The molecular formula is C28H24F4N2O5S2. The van der Waals surface area contributed by atoms with Crippen molar-refractivity contribution >= 4 is 37.1 Å². The molecule has 41 heavy (non-hydrogen) atoms. The Morgan fingerprint density at radius 3 is 2.17 bits per heavy atom. The molecule has 1 N–H and O–H groups in total. The van der Waals surface area contributed by atoms with Gasteiger partial charge in [-0.2, -0.15) is 0 Å². The highest BCUT2D eigenvalue weighted by Gasteiger charge is 2.62. The maximum Gasteiger partial charge on any atom is 0.264 e. The number of hydrogen-bond donors (Lipinski definition) is 1. The molecule has 2 aliphatic heterocycles. The Morgan fingerprint density at radius 1 is 0.902 bits per heavy atom. The van der Waals surface area contributed by atoms with E-state index in [9.17, 15) is 34.8 Å². The molecule has 0 bridgehead atoms. The predicted octanol–water partition coefficient (Wildman–Crippen LogP) is 4.93. The van der Waals surface area contributed by atoms with E-state index in [1.807, 2.05) is 0 Å². The number of carbonyl (C=O) groups excluding carboxylic acids is 1. The molecule has 6 rings (SSSR count). The molecule has 7 nitrogen and oxygen atoms in total. The van der Waals surface area contributed by atoms with Crippen molar-refractivity contribution in [2.75, 3.05) is 21.1 Å². The fourth-order valence-corrected chi connectivity index (χ4v) is 9.55. The standard InChI is InChI=1S/C28H24F4N2O5S2/c29-17-3-6-19(7-4-17)41(38,39)34-23-10-8-20(27(35)33-22-15-18(30)5-9-21(22)31)25(32)24(23)28(26(34)16-1-2-16)11-13-40(36,37)14-12-28/h3-10,15-16,26H,1-2,11-14H2,(H,33,35). The third kappa shape index (κ3) is 4.58. The number of anilines is 2. The number of hydrogen-bond acceptors (Lipinski definition) is 5. The molecule has 1 atom stereocenters. The summed E-state index contributed by atoms with van der Waals surface area (Å²) in [5.74, 6) is -5.36. The van der Waals surface area contributed by atoms with Crippen LogP contribution < -0.4 is 9.62 Å². The van der Waals surface area contributed by atoms with Crippen molar-refractivity contribution in [3.8, 4) is 0 Å². The monoisotopic (exact) mass is 608 g/mol. The number of fused-ring (bicyclic) bond motifs is 2. The number of nitrogens with one attached hydrogen (secondary N) is 1. The van der Waals surface area contributed by atoms with Crippen molar-refractivity contribution in [1.29, 1.82) is 0 Å². The van der Waals surface area contributed by atoms with Gasteiger partial charge in [-0.05, 0) is 80.1 Å². The van der Waals surface area contributed by atoms with Gasteiger partial charge in [0.25, 0.3) is 15.9 Å². The molecule has 1 amide bonds. The normalized spacial score (nSPS) is 21.1. The van der Waals surface area contributed by atoms with Crippen molar-refractivity contribution in [1.82, 2.24) is 0 Å². The average Bonchev–Trinajstić information content (AvgIpc) is 3.71. The number of carbonyl (C=O) groups is 1. The second-order valence-corrected chi connectivity index (χ2v) is 14.9. The maximum absolute atomic E-state index is 16.6. The van der Waals surface area contributed by atoms with Gasteiger partial charge >= 0.3 is 0 Å². The van der Waals surface area contributed by atoms with Crippen LogP contribution in [0.1, 0.15) is 41.6 Å². The molecule has 3 aliphatic rings. The molecule has 2 heterocycles. The molecule has 2 fully saturated rings. The number of amides is 1. The highest BCUT2D eigenvalue weighted by Crippen LogP contribution is 2.60. The maximum atomic E-state index is 16.6. The van der Waals surface area contributed by atoms with Crippen molar-refractivity contribution in [2.45, 2.75) is 42.0 Å². The second kappa shape index (κ2) is 9.55. The first-order chi connectivity index (χ1) is 19.3. The van der Waals surface area contributed by atoms with Crippen LogP contribution in [-0.2, 0) is 25.3 Å². The molecule has 3 aromatic carbocycles. The summed E-state index contributed by atoms with van der Waals surface area (Å²) in [6, 6.07) is 8.13. The SMILES string of the molecule is O=C(Nc1cc(F)ccc1F)c1ccc2c(c1F)C1(CCS(=O)(=O)CC1)C(C1CC1)N2S(=O)(=O)c1ccc(F)cc1. The number of nitrogens with zero attached hydrogens (tertiary/aromatic N) is 1. The summed E-state index contributed by atoms with van der Waals surface area (Å²) in [6.07, 6.45) is 1.13. The Labute approximate surface area is 234 Å². The van der Waals surface area contributed by atoms with Crippen LogP contribution in [0.25, 0.3) is 0 Å². The predicted molar refractivity (Wildman–Crippen MR) is 143 cm³/mol. The van der Waals surface area contributed by atoms with Gasteiger partial charge in [0.15, 0.2) is 0 Å². The van der Waals surface area contributed by atoms with Gasteiger partial charge in [-0.3, -0.25) is 9.10 Å². The van der Waals surface area contributed by atoms with Crippen molar-refractivity contribution < 1.29 is 39.2 Å². The van der Waals surface area contributed by atoms with Crippen LogP contribution in [0, 0.1) is 29.2 Å². The summed E-state index contributed by atoms with van der Waals surface area (Å²) in [5, 5.41) is 2.17. The van der Waals surface area contributed by atoms with Crippen molar-refractivity contribution in [3.63, 3.8) is 0 Å². The van der Waals surface area contributed by atoms with E-state index in [1.165, 1.54) is 6.07 Å². The van der Waals surface area contributed by atoms with Gasteiger partial charge < -0.3 is 5.32 Å². The summed E-state index contributed by atoms with van der Waals surface area (Å²) in [4.78, 5) is 12.9. The fraction of sp³-hybridized carbons (Fsp3) is 0.321. The number of sulfonamides is 1. The van der Waals surface area contributed by atoms with Crippen LogP contribution in [0.15, 0.2) is 59.5 Å². The molecule has 13 heteroatoms. The number of halogens is 4. The highest BCUT2D eigenvalue weighted by atomic mass is 32.2. The highest BCUT2D eigenvalue weighted by molar-refractivity contribution is 7.93. The Kier molecular flexibility index (Phi) is 6.45. The first-order valence-electron chi connectivity index (χ1n) is 12.9. The van der Waals surface area contributed by atoms with E-state index in [-0.39, 0.29) is 46.4 Å². The minimum absolute atomic E-state index is 0.0310. The number of sulfone groups is 1. The zero-order chi connectivity index (χ0) is 29.3. The van der Waals surface area contributed by atoms with Crippen LogP contribution in [0.3, 0.4) is 0 Å². The molecular weight excluding hydrogens is 584 g/mol. The second-order valence-electron chi connectivity index (χ2n) is 10.7. The van der Waals surface area contributed by atoms with Crippen LogP contribution in [0.5, 0.6) is 0 Å². The Hall–Kier alpha value is -3.45. The van der Waals surface area contributed by atoms with Crippen LogP contribution in [-0.4, -0.2) is 40.3 Å². The van der Waals surface area contributed by atoms with Crippen LogP contribution >= 0.6 is 0 Å². The molecule has 1 saturated heterocycles. The minimum Gasteiger partial charge on any atom is -0.319 e. The Balaban J connectivity index is 1.52. The lowest BCUT2D eigenvalue weighted by atomic mass is 9.70. The largest absolute Gasteiger partial charge is 0.319 e. The smallest absolute Gasteiger partial charge is 0.264 e. The third-order valence-electron chi connectivity index (χ3n) is 8.25. The quantitative estimate of drug-likeness (QED) is 0.414. The van der Waals surface area contributed by atoms with Gasteiger partial charge in [0.2, 0.25) is 0 Å². The molecule has 216 valence electrons. The summed E-state index contributed by atoms with van der Waals surface area (Å²) < 4.78 is 112. The summed E-state index contributed by atoms with van der Waals surface area (Å²) >= 11 is 0. The lowest BCUT2D eigenvalue weighted by Crippen LogP contribution is -2.52. The Morgan fingerprint density at radius 2 is 1.54 bits per heavy atom. The van der Waals surface area contributed by atoms with Crippen molar-refractivity contribution in [3.05, 3.63) is 89.0 Å². The number of benzene rings is 3. The first-order valence-corrected chi connectivity index (χ1v) is 16.2. The van der Waals surface area contributed by atoms with E-state index in [0.29, 0.717) is 12.8 Å². The topological polar surface area (TPSA) is 101 Å². The molecule has 0 radical (unpaired) electrons. The van der Waals surface area contributed by atoms with E-state index in [2.05, 4.69) is 5.32 Å². The summed E-state index contributed by atoms with van der Waals surface area (Å²) in [7, 11) is -7.84. The Bertz CT molecular complexity index is 1780. The lowest BCUT2D eigenvalue weighted by molar-refractivity contribution is 0.102. The van der Waals surface area contributed by atoms with Crippen LogP contribution in [0.2, 0.25) is 0 Å². The zero-order valence-corrected chi connectivity index (χ0v) is 23.0. The van der Waals surface area contributed by atoms with Gasteiger partial charge in [0.1, 0.15) is 33.1 Å². The molecule has 1 aliphatic carbocycles. The summed E-state index contributed by atoms with van der Waals surface area (Å²) in [5.41, 5.74) is -2.43. The van der Waals surface area contributed by atoms with Gasteiger partial charge in [0, 0.05) is 17.0 Å². The van der Waals surface area contributed by atoms with Gasteiger partial charge in [0.05, 0.1) is 39.4 Å². The number of rotatable bonds is 5. The van der Waals surface area contributed by atoms with E-state index >= 15 is 4.39 Å². The van der Waals surface area contributed by atoms with E-state index in [0.717, 1.165) is 52.8 Å². The van der Waals surface area contributed by atoms with Gasteiger partial charge in [-0.15, -0.1) is 0 Å². The first kappa shape index (κ1) is 27.7. The molecule has 3 aromatic rings. The molecule has 0 aromatic heterocycles. The molecule has 1 spiro atoms. The van der Waals surface area contributed by atoms with Crippen LogP contribution in [0.4, 0.5) is 28.9 Å². The summed E-state index contributed by atoms with van der Waals surface area (Å²) in [6.45, 7) is 0. The minimum atomic E-state index is -4.38. The van der Waals surface area contributed by atoms with Gasteiger partial charge in [-0.1, -0.05) is 0 Å². The lowest BCUT2D eigenvalue weighted by Gasteiger charge is -2.41.